The number of nitrogens with one attached hydrogen (secondary N) is 1. The summed E-state index contributed by atoms with van der Waals surface area (Å²) in [4.78, 5) is 17.3. The lowest BCUT2D eigenvalue weighted by Gasteiger charge is -2.29. The molecule has 7 nitrogen and oxygen atoms in total. The highest BCUT2D eigenvalue weighted by molar-refractivity contribution is 7.89. The summed E-state index contributed by atoms with van der Waals surface area (Å²) in [6, 6.07) is 14.3. The van der Waals surface area contributed by atoms with Crippen molar-refractivity contribution in [2.24, 2.45) is 5.92 Å². The molecule has 0 atom stereocenters. The van der Waals surface area contributed by atoms with Crippen molar-refractivity contribution >= 4 is 27.0 Å². The van der Waals surface area contributed by atoms with E-state index in [0.717, 1.165) is 42.7 Å². The minimum absolute atomic E-state index is 0.201. The number of amides is 1. The van der Waals surface area contributed by atoms with Gasteiger partial charge in [-0.25, -0.2) is 13.4 Å². The summed E-state index contributed by atoms with van der Waals surface area (Å²) in [5.41, 5.74) is 2.53. The standard InChI is InChI=1S/C24H30N4O3S/c1-18-12-16-27(17-13-18)32(30,31)21-10-8-20(9-11-21)24(29)25-14-5-15-28-19(2)26-22-6-3-4-7-23(22)28/h3-4,6-11,18H,5,12-17H2,1-2H3,(H,25,29). The summed E-state index contributed by atoms with van der Waals surface area (Å²) < 4.78 is 29.4. The first kappa shape index (κ1) is 22.5. The van der Waals surface area contributed by atoms with E-state index in [9.17, 15) is 13.2 Å². The lowest BCUT2D eigenvalue weighted by Crippen LogP contribution is -2.37. The van der Waals surface area contributed by atoms with Crippen molar-refractivity contribution in [2.75, 3.05) is 19.6 Å². The molecule has 1 aliphatic rings. The van der Waals surface area contributed by atoms with E-state index in [4.69, 9.17) is 0 Å². The summed E-state index contributed by atoms with van der Waals surface area (Å²) in [5, 5.41) is 2.92. The first-order chi connectivity index (χ1) is 15.4. The molecule has 0 saturated carbocycles. The Hall–Kier alpha value is -2.71. The number of para-hydroxylation sites is 2. The Bertz CT molecular complexity index is 1190. The van der Waals surface area contributed by atoms with Crippen LogP contribution in [0.5, 0.6) is 0 Å². The van der Waals surface area contributed by atoms with Crippen LogP contribution in [0.2, 0.25) is 0 Å². The van der Waals surface area contributed by atoms with Crippen LogP contribution in [0, 0.1) is 12.8 Å². The Morgan fingerprint density at radius 1 is 1.09 bits per heavy atom. The number of aryl methyl sites for hydroxylation is 2. The highest BCUT2D eigenvalue weighted by Gasteiger charge is 2.28. The molecule has 0 spiro atoms. The van der Waals surface area contributed by atoms with E-state index in [-0.39, 0.29) is 10.8 Å². The van der Waals surface area contributed by atoms with Gasteiger partial charge in [-0.3, -0.25) is 4.79 Å². The van der Waals surface area contributed by atoms with Gasteiger partial charge in [-0.1, -0.05) is 19.1 Å². The number of carbonyl (C=O) groups is 1. The van der Waals surface area contributed by atoms with E-state index in [1.807, 2.05) is 31.2 Å². The molecule has 1 aromatic heterocycles. The van der Waals surface area contributed by atoms with Gasteiger partial charge in [-0.15, -0.1) is 0 Å². The maximum absolute atomic E-state index is 12.8. The van der Waals surface area contributed by atoms with Crippen molar-refractivity contribution in [3.8, 4) is 0 Å². The molecule has 32 heavy (non-hydrogen) atoms. The number of hydrogen-bond donors (Lipinski definition) is 1. The fraction of sp³-hybridized carbons (Fsp3) is 0.417. The fourth-order valence-electron chi connectivity index (χ4n) is 4.17. The van der Waals surface area contributed by atoms with E-state index in [2.05, 4.69) is 21.8 Å². The molecule has 4 rings (SSSR count). The zero-order valence-electron chi connectivity index (χ0n) is 18.6. The lowest BCUT2D eigenvalue weighted by molar-refractivity contribution is 0.0952. The average Bonchev–Trinajstić information content (AvgIpc) is 3.12. The zero-order valence-corrected chi connectivity index (χ0v) is 19.4. The maximum Gasteiger partial charge on any atom is 0.251 e. The number of sulfonamides is 1. The van der Waals surface area contributed by atoms with E-state index in [0.29, 0.717) is 31.1 Å². The van der Waals surface area contributed by atoms with Gasteiger partial charge in [0.05, 0.1) is 15.9 Å². The van der Waals surface area contributed by atoms with Crippen LogP contribution in [0.15, 0.2) is 53.4 Å². The molecule has 8 heteroatoms. The lowest BCUT2D eigenvalue weighted by atomic mass is 10.0. The summed E-state index contributed by atoms with van der Waals surface area (Å²) in [6.07, 6.45) is 2.54. The third kappa shape index (κ3) is 4.71. The number of aromatic nitrogens is 2. The van der Waals surface area contributed by atoms with E-state index in [1.54, 1.807) is 16.4 Å². The predicted molar refractivity (Wildman–Crippen MR) is 125 cm³/mol. The van der Waals surface area contributed by atoms with Crippen LogP contribution >= 0.6 is 0 Å². The first-order valence-electron chi connectivity index (χ1n) is 11.2. The molecule has 1 fully saturated rings. The van der Waals surface area contributed by atoms with Crippen molar-refractivity contribution in [3.63, 3.8) is 0 Å². The second-order valence-electron chi connectivity index (χ2n) is 8.52. The Morgan fingerprint density at radius 3 is 2.50 bits per heavy atom. The van der Waals surface area contributed by atoms with Crippen molar-refractivity contribution < 1.29 is 13.2 Å². The number of carbonyl (C=O) groups excluding carboxylic acids is 1. The Morgan fingerprint density at radius 2 is 1.78 bits per heavy atom. The molecule has 3 aromatic rings. The third-order valence-electron chi connectivity index (χ3n) is 6.19. The van der Waals surface area contributed by atoms with Gasteiger partial charge in [0.1, 0.15) is 5.82 Å². The Labute approximate surface area is 189 Å². The number of fused-ring (bicyclic) bond motifs is 1. The van der Waals surface area contributed by atoms with Gasteiger partial charge in [0.15, 0.2) is 0 Å². The van der Waals surface area contributed by atoms with Gasteiger partial charge in [0.25, 0.3) is 5.91 Å². The molecule has 0 aliphatic carbocycles. The van der Waals surface area contributed by atoms with Gasteiger partial charge in [-0.2, -0.15) is 4.31 Å². The minimum atomic E-state index is -3.50. The quantitative estimate of drug-likeness (QED) is 0.553. The summed E-state index contributed by atoms with van der Waals surface area (Å²) in [7, 11) is -3.50. The zero-order chi connectivity index (χ0) is 22.7. The van der Waals surface area contributed by atoms with Crippen LogP contribution in [0.1, 0.15) is 42.4 Å². The van der Waals surface area contributed by atoms with Gasteiger partial charge in [0, 0.05) is 31.7 Å². The average molecular weight is 455 g/mol. The summed E-state index contributed by atoms with van der Waals surface area (Å²) in [5.74, 6) is 1.31. The molecular formula is C24H30N4O3S. The van der Waals surface area contributed by atoms with Gasteiger partial charge >= 0.3 is 0 Å². The maximum atomic E-state index is 12.8. The number of imidazole rings is 1. The van der Waals surface area contributed by atoms with Crippen LogP contribution in [0.25, 0.3) is 11.0 Å². The highest BCUT2D eigenvalue weighted by atomic mass is 32.2. The van der Waals surface area contributed by atoms with Crippen molar-refractivity contribution in [1.29, 1.82) is 0 Å². The van der Waals surface area contributed by atoms with Crippen LogP contribution in [0.3, 0.4) is 0 Å². The molecule has 2 heterocycles. The van der Waals surface area contributed by atoms with Crippen LogP contribution in [-0.2, 0) is 16.6 Å². The summed E-state index contributed by atoms with van der Waals surface area (Å²) in [6.45, 7) is 6.53. The second kappa shape index (κ2) is 9.42. The fourth-order valence-corrected chi connectivity index (χ4v) is 5.64. The molecule has 1 amide bonds. The van der Waals surface area contributed by atoms with Crippen LogP contribution in [0.4, 0.5) is 0 Å². The largest absolute Gasteiger partial charge is 0.352 e. The van der Waals surface area contributed by atoms with E-state index < -0.39 is 10.0 Å². The minimum Gasteiger partial charge on any atom is -0.352 e. The number of rotatable bonds is 7. The van der Waals surface area contributed by atoms with Crippen molar-refractivity contribution in [2.45, 2.75) is 44.6 Å². The molecule has 0 unspecified atom stereocenters. The Balaban J connectivity index is 1.31. The third-order valence-corrected chi connectivity index (χ3v) is 8.10. The topological polar surface area (TPSA) is 84.3 Å². The number of nitrogens with zero attached hydrogens (tertiary/aromatic N) is 3. The molecule has 1 saturated heterocycles. The molecule has 0 bridgehead atoms. The van der Waals surface area contributed by atoms with Crippen molar-refractivity contribution in [1.82, 2.24) is 19.2 Å². The predicted octanol–water partition coefficient (Wildman–Crippen LogP) is 3.59. The van der Waals surface area contributed by atoms with E-state index in [1.165, 1.54) is 12.1 Å². The van der Waals surface area contributed by atoms with Crippen LogP contribution < -0.4 is 5.32 Å². The monoisotopic (exact) mass is 454 g/mol. The Kier molecular flexibility index (Phi) is 6.62. The van der Waals surface area contributed by atoms with Crippen LogP contribution in [-0.4, -0.2) is 47.8 Å². The highest BCUT2D eigenvalue weighted by Crippen LogP contribution is 2.23. The molecule has 0 radical (unpaired) electrons. The summed E-state index contributed by atoms with van der Waals surface area (Å²) >= 11 is 0. The van der Waals surface area contributed by atoms with Gasteiger partial charge < -0.3 is 9.88 Å². The smallest absolute Gasteiger partial charge is 0.251 e. The molecule has 170 valence electrons. The number of hydrogen-bond acceptors (Lipinski definition) is 4. The molecular weight excluding hydrogens is 424 g/mol. The SMILES string of the molecule is Cc1nc2ccccc2n1CCCNC(=O)c1ccc(S(=O)(=O)N2CCC(C)CC2)cc1. The second-order valence-corrected chi connectivity index (χ2v) is 10.5. The molecule has 1 N–H and O–H groups in total. The first-order valence-corrected chi connectivity index (χ1v) is 12.6. The van der Waals surface area contributed by atoms with E-state index >= 15 is 0 Å². The number of piperidine rings is 1. The van der Waals surface area contributed by atoms with Crippen molar-refractivity contribution in [3.05, 3.63) is 59.9 Å². The molecule has 1 aliphatic heterocycles. The number of benzene rings is 2. The van der Waals surface area contributed by atoms with Gasteiger partial charge in [-0.05, 0) is 68.5 Å². The van der Waals surface area contributed by atoms with Gasteiger partial charge in [0.2, 0.25) is 10.0 Å². The molecule has 2 aromatic carbocycles. The normalized spacial score (nSPS) is 15.8.